The first kappa shape index (κ1) is 16.9. The first-order valence-corrected chi connectivity index (χ1v) is 7.95. The zero-order chi connectivity index (χ0) is 16.4. The molecule has 22 heavy (non-hydrogen) atoms. The molecule has 0 aliphatic carbocycles. The number of hydrogen-bond donors (Lipinski definition) is 0. The maximum absolute atomic E-state index is 12.6. The lowest BCUT2D eigenvalue weighted by atomic mass is 10.3. The molecule has 1 fully saturated rings. The lowest BCUT2D eigenvalue weighted by molar-refractivity contribution is -0.130. The number of ether oxygens (including phenoxy) is 1. The van der Waals surface area contributed by atoms with Crippen LogP contribution in [0.15, 0.2) is 12.4 Å². The standard InChI is InChI=1S/C11H13F4N3O3S/c12-8-5-16-10(17-6-8)21-9-1-3-18(7-9)22(19,20)4-2-11(13,14)15/h5-6,9H,1-4,7H2. The van der Waals surface area contributed by atoms with Crippen molar-refractivity contribution in [2.75, 3.05) is 18.8 Å². The van der Waals surface area contributed by atoms with Crippen LogP contribution < -0.4 is 4.74 Å². The molecular formula is C11H13F4N3O3S. The number of rotatable bonds is 5. The highest BCUT2D eigenvalue weighted by molar-refractivity contribution is 7.89. The van der Waals surface area contributed by atoms with E-state index in [0.717, 1.165) is 16.7 Å². The molecule has 0 saturated carbocycles. The molecule has 0 N–H and O–H groups in total. The van der Waals surface area contributed by atoms with E-state index in [9.17, 15) is 26.0 Å². The third kappa shape index (κ3) is 4.77. The van der Waals surface area contributed by atoms with E-state index < -0.39 is 40.3 Å². The van der Waals surface area contributed by atoms with E-state index in [1.54, 1.807) is 0 Å². The summed E-state index contributed by atoms with van der Waals surface area (Å²) in [6, 6.07) is -0.110. The maximum Gasteiger partial charge on any atom is 0.390 e. The van der Waals surface area contributed by atoms with Crippen LogP contribution >= 0.6 is 0 Å². The summed E-state index contributed by atoms with van der Waals surface area (Å²) in [5, 5.41) is 0. The van der Waals surface area contributed by atoms with Crippen molar-refractivity contribution in [2.24, 2.45) is 0 Å². The molecule has 1 aliphatic rings. The van der Waals surface area contributed by atoms with Crippen molar-refractivity contribution < 1.29 is 30.7 Å². The average Bonchev–Trinajstić information content (AvgIpc) is 2.88. The molecule has 1 atom stereocenters. The molecular weight excluding hydrogens is 330 g/mol. The SMILES string of the molecule is O=S(=O)(CCC(F)(F)F)N1CCC(Oc2ncc(F)cn2)C1. The van der Waals surface area contributed by atoms with Crippen molar-refractivity contribution in [3.63, 3.8) is 0 Å². The van der Waals surface area contributed by atoms with Crippen LogP contribution in [0.2, 0.25) is 0 Å². The Hall–Kier alpha value is -1.49. The molecule has 1 aromatic heterocycles. The van der Waals surface area contributed by atoms with Crippen molar-refractivity contribution >= 4 is 10.0 Å². The van der Waals surface area contributed by atoms with Crippen LogP contribution in [0.3, 0.4) is 0 Å². The van der Waals surface area contributed by atoms with E-state index in [1.807, 2.05) is 0 Å². The van der Waals surface area contributed by atoms with Crippen LogP contribution in [0.1, 0.15) is 12.8 Å². The third-order valence-electron chi connectivity index (χ3n) is 3.01. The Bertz CT molecular complexity index is 606. The van der Waals surface area contributed by atoms with E-state index >= 15 is 0 Å². The molecule has 124 valence electrons. The fourth-order valence-corrected chi connectivity index (χ4v) is 3.46. The second-order valence-electron chi connectivity index (χ2n) is 4.75. The van der Waals surface area contributed by atoms with Gasteiger partial charge in [0.2, 0.25) is 10.0 Å². The van der Waals surface area contributed by atoms with Gasteiger partial charge in [-0.2, -0.15) is 17.5 Å². The molecule has 1 aliphatic heterocycles. The first-order chi connectivity index (χ1) is 10.2. The van der Waals surface area contributed by atoms with Gasteiger partial charge in [0.25, 0.3) is 0 Å². The molecule has 2 rings (SSSR count). The molecule has 1 aromatic rings. The number of hydrogen-bond acceptors (Lipinski definition) is 5. The van der Waals surface area contributed by atoms with E-state index in [4.69, 9.17) is 4.74 Å². The van der Waals surface area contributed by atoms with Gasteiger partial charge < -0.3 is 4.74 Å². The van der Waals surface area contributed by atoms with Crippen molar-refractivity contribution in [3.05, 3.63) is 18.2 Å². The fourth-order valence-electron chi connectivity index (χ4n) is 1.93. The minimum atomic E-state index is -4.52. The topological polar surface area (TPSA) is 72.4 Å². The summed E-state index contributed by atoms with van der Waals surface area (Å²) >= 11 is 0. The summed E-state index contributed by atoms with van der Waals surface area (Å²) in [7, 11) is -3.99. The normalized spacial score (nSPS) is 20.3. The Morgan fingerprint density at radius 1 is 1.32 bits per heavy atom. The molecule has 1 unspecified atom stereocenters. The maximum atomic E-state index is 12.6. The lowest BCUT2D eigenvalue weighted by Crippen LogP contribution is -2.34. The number of alkyl halides is 3. The molecule has 6 nitrogen and oxygen atoms in total. The Kier molecular flexibility index (Phi) is 4.85. The highest BCUT2D eigenvalue weighted by atomic mass is 32.2. The third-order valence-corrected chi connectivity index (χ3v) is 4.85. The van der Waals surface area contributed by atoms with E-state index in [1.165, 1.54) is 0 Å². The smallest absolute Gasteiger partial charge is 0.390 e. The van der Waals surface area contributed by atoms with Crippen LogP contribution in [-0.4, -0.2) is 53.8 Å². The first-order valence-electron chi connectivity index (χ1n) is 6.34. The largest absolute Gasteiger partial charge is 0.459 e. The van der Waals surface area contributed by atoms with Gasteiger partial charge in [-0.25, -0.2) is 22.8 Å². The summed E-state index contributed by atoms with van der Waals surface area (Å²) in [5.41, 5.74) is 0. The number of sulfonamides is 1. The number of nitrogens with zero attached hydrogens (tertiary/aromatic N) is 3. The minimum absolute atomic E-state index is 0.0616. The predicted octanol–water partition coefficient (Wildman–Crippen LogP) is 1.35. The molecule has 11 heteroatoms. The summed E-state index contributed by atoms with van der Waals surface area (Å²) < 4.78 is 78.8. The van der Waals surface area contributed by atoms with Gasteiger partial charge in [0.1, 0.15) is 6.10 Å². The summed E-state index contributed by atoms with van der Waals surface area (Å²) in [4.78, 5) is 7.15. The van der Waals surface area contributed by atoms with Gasteiger partial charge in [0.15, 0.2) is 5.82 Å². The second-order valence-corrected chi connectivity index (χ2v) is 6.84. The van der Waals surface area contributed by atoms with E-state index in [2.05, 4.69) is 9.97 Å². The second kappa shape index (κ2) is 6.32. The quantitative estimate of drug-likeness (QED) is 0.755. The van der Waals surface area contributed by atoms with Gasteiger partial charge in [0, 0.05) is 6.54 Å². The Balaban J connectivity index is 1.90. The van der Waals surface area contributed by atoms with Crippen LogP contribution in [0.5, 0.6) is 6.01 Å². The van der Waals surface area contributed by atoms with Gasteiger partial charge in [-0.1, -0.05) is 0 Å². The molecule has 0 radical (unpaired) electrons. The fraction of sp³-hybridized carbons (Fsp3) is 0.636. The van der Waals surface area contributed by atoms with Crippen LogP contribution in [-0.2, 0) is 10.0 Å². The van der Waals surface area contributed by atoms with Crippen molar-refractivity contribution in [1.82, 2.24) is 14.3 Å². The zero-order valence-electron chi connectivity index (χ0n) is 11.3. The molecule has 0 amide bonds. The average molecular weight is 343 g/mol. The zero-order valence-corrected chi connectivity index (χ0v) is 12.1. The number of halogens is 4. The lowest BCUT2D eigenvalue weighted by Gasteiger charge is -2.17. The molecule has 0 bridgehead atoms. The molecule has 0 aromatic carbocycles. The number of aromatic nitrogens is 2. The summed E-state index contributed by atoms with van der Waals surface area (Å²) in [5.74, 6) is -1.63. The van der Waals surface area contributed by atoms with Gasteiger partial charge in [-0.15, -0.1) is 0 Å². The van der Waals surface area contributed by atoms with E-state index in [0.29, 0.717) is 6.42 Å². The van der Waals surface area contributed by atoms with Crippen LogP contribution in [0.25, 0.3) is 0 Å². The van der Waals surface area contributed by atoms with Crippen molar-refractivity contribution in [3.8, 4) is 6.01 Å². The van der Waals surface area contributed by atoms with Crippen molar-refractivity contribution in [1.29, 1.82) is 0 Å². The van der Waals surface area contributed by atoms with Gasteiger partial charge in [0.05, 0.1) is 31.1 Å². The highest BCUT2D eigenvalue weighted by Crippen LogP contribution is 2.23. The monoisotopic (exact) mass is 343 g/mol. The van der Waals surface area contributed by atoms with Crippen molar-refractivity contribution in [2.45, 2.75) is 25.1 Å². The summed E-state index contributed by atoms with van der Waals surface area (Å²) in [6.45, 7) is -0.0209. The Morgan fingerprint density at radius 2 is 1.95 bits per heavy atom. The molecule has 1 saturated heterocycles. The van der Waals surface area contributed by atoms with Crippen LogP contribution in [0.4, 0.5) is 17.6 Å². The molecule has 0 spiro atoms. The Morgan fingerprint density at radius 3 is 2.55 bits per heavy atom. The Labute approximate surface area is 124 Å². The van der Waals surface area contributed by atoms with Crippen LogP contribution in [0, 0.1) is 5.82 Å². The van der Waals surface area contributed by atoms with E-state index in [-0.39, 0.29) is 19.1 Å². The highest BCUT2D eigenvalue weighted by Gasteiger charge is 2.36. The molecule has 2 heterocycles. The van der Waals surface area contributed by atoms with Gasteiger partial charge in [-0.05, 0) is 6.42 Å². The predicted molar refractivity (Wildman–Crippen MR) is 67.1 cm³/mol. The van der Waals surface area contributed by atoms with Gasteiger partial charge >= 0.3 is 12.2 Å². The van der Waals surface area contributed by atoms with Gasteiger partial charge in [-0.3, -0.25) is 0 Å². The summed E-state index contributed by atoms with van der Waals surface area (Å²) in [6.07, 6.45) is -4.40. The minimum Gasteiger partial charge on any atom is -0.459 e.